The van der Waals surface area contributed by atoms with Crippen LogP contribution in [0.5, 0.6) is 0 Å². The highest BCUT2D eigenvalue weighted by atomic mass is 16.5. The van der Waals surface area contributed by atoms with E-state index in [0.29, 0.717) is 6.61 Å². The number of anilines is 2. The Hall–Kier alpha value is -2.37. The molecular formula is C21H29N3O2. The molecule has 5 heteroatoms. The average Bonchev–Trinajstić information content (AvgIpc) is 2.64. The van der Waals surface area contributed by atoms with Crippen molar-refractivity contribution in [3.63, 3.8) is 0 Å². The molecule has 0 atom stereocenters. The molecule has 0 spiro atoms. The van der Waals surface area contributed by atoms with Crippen LogP contribution in [0.25, 0.3) is 0 Å². The number of rotatable bonds is 9. The van der Waals surface area contributed by atoms with E-state index in [0.717, 1.165) is 43.0 Å². The molecule has 0 bridgehead atoms. The minimum atomic E-state index is -0.254. The quantitative estimate of drug-likeness (QED) is 0.703. The van der Waals surface area contributed by atoms with Gasteiger partial charge < -0.3 is 20.3 Å². The van der Waals surface area contributed by atoms with Crippen molar-refractivity contribution < 1.29 is 9.53 Å². The molecular weight excluding hydrogens is 326 g/mol. The first-order valence-electron chi connectivity index (χ1n) is 9.11. The summed E-state index contributed by atoms with van der Waals surface area (Å²) in [6, 6.07) is 15.4. The normalized spacial score (nSPS) is 10.8. The van der Waals surface area contributed by atoms with Crippen LogP contribution in [0.15, 0.2) is 48.5 Å². The Morgan fingerprint density at radius 2 is 1.65 bits per heavy atom. The maximum atomic E-state index is 12.2. The first-order chi connectivity index (χ1) is 12.6. The number of carbonyl (C=O) groups is 1. The van der Waals surface area contributed by atoms with Crippen molar-refractivity contribution in [2.24, 2.45) is 0 Å². The van der Waals surface area contributed by atoms with Crippen LogP contribution in [-0.2, 0) is 17.8 Å². The Kier molecular flexibility index (Phi) is 8.12. The zero-order valence-corrected chi connectivity index (χ0v) is 15.9. The molecule has 0 heterocycles. The van der Waals surface area contributed by atoms with E-state index >= 15 is 0 Å². The number of carbonyl (C=O) groups excluding carboxylic acids is 1. The molecule has 2 N–H and O–H groups in total. The van der Waals surface area contributed by atoms with E-state index in [4.69, 9.17) is 4.74 Å². The zero-order chi connectivity index (χ0) is 18.8. The van der Waals surface area contributed by atoms with Crippen molar-refractivity contribution >= 4 is 17.4 Å². The highest BCUT2D eigenvalue weighted by molar-refractivity contribution is 5.99. The molecule has 140 valence electrons. The fourth-order valence-electron chi connectivity index (χ4n) is 2.78. The van der Waals surface area contributed by atoms with Gasteiger partial charge in [-0.05, 0) is 54.9 Å². The Morgan fingerprint density at radius 1 is 0.962 bits per heavy atom. The molecule has 0 aliphatic rings. The summed E-state index contributed by atoms with van der Waals surface area (Å²) in [6.45, 7) is 8.08. The molecule has 5 nitrogen and oxygen atoms in total. The van der Waals surface area contributed by atoms with Crippen LogP contribution < -0.4 is 10.6 Å². The van der Waals surface area contributed by atoms with Crippen molar-refractivity contribution in [1.82, 2.24) is 4.90 Å². The van der Waals surface area contributed by atoms with Gasteiger partial charge in [0.1, 0.15) is 0 Å². The van der Waals surface area contributed by atoms with E-state index in [2.05, 4.69) is 41.5 Å². The number of nitrogens with zero attached hydrogens (tertiary/aromatic N) is 1. The van der Waals surface area contributed by atoms with Crippen molar-refractivity contribution in [3.05, 3.63) is 59.7 Å². The smallest absolute Gasteiger partial charge is 0.323 e. The van der Waals surface area contributed by atoms with Gasteiger partial charge in [0.25, 0.3) is 0 Å². The molecule has 0 fully saturated rings. The Balaban J connectivity index is 1.86. The van der Waals surface area contributed by atoms with Gasteiger partial charge in [-0.2, -0.15) is 0 Å². The second kappa shape index (κ2) is 10.6. The Morgan fingerprint density at radius 3 is 2.31 bits per heavy atom. The SMILES string of the molecule is CCN(CC)CCc1ccc(NC(=O)Nc2cccc(COC)c2)cc1. The molecule has 2 aromatic carbocycles. The lowest BCUT2D eigenvalue weighted by molar-refractivity contribution is 0.185. The third-order valence-corrected chi connectivity index (χ3v) is 4.32. The minimum absolute atomic E-state index is 0.254. The molecule has 2 amide bonds. The molecule has 0 aliphatic carbocycles. The number of hydrogen-bond acceptors (Lipinski definition) is 3. The molecule has 2 rings (SSSR count). The van der Waals surface area contributed by atoms with E-state index < -0.39 is 0 Å². The fraction of sp³-hybridized carbons (Fsp3) is 0.381. The average molecular weight is 355 g/mol. The second-order valence-electron chi connectivity index (χ2n) is 6.19. The summed E-state index contributed by atoms with van der Waals surface area (Å²) in [4.78, 5) is 14.6. The summed E-state index contributed by atoms with van der Waals surface area (Å²) in [5.41, 5.74) is 3.81. The standard InChI is InChI=1S/C21H29N3O2/c1-4-24(5-2)14-13-17-9-11-19(12-10-17)22-21(25)23-20-8-6-7-18(15-20)16-26-3/h6-12,15H,4-5,13-14,16H2,1-3H3,(H2,22,23,25). The number of benzene rings is 2. The highest BCUT2D eigenvalue weighted by Gasteiger charge is 2.05. The number of hydrogen-bond donors (Lipinski definition) is 2. The third kappa shape index (κ3) is 6.50. The van der Waals surface area contributed by atoms with Crippen LogP contribution in [0.1, 0.15) is 25.0 Å². The fourth-order valence-corrected chi connectivity index (χ4v) is 2.78. The van der Waals surface area contributed by atoms with Gasteiger partial charge in [-0.25, -0.2) is 4.79 Å². The molecule has 0 unspecified atom stereocenters. The van der Waals surface area contributed by atoms with Gasteiger partial charge in [0, 0.05) is 25.0 Å². The van der Waals surface area contributed by atoms with E-state index in [9.17, 15) is 4.79 Å². The van der Waals surface area contributed by atoms with E-state index in [-0.39, 0.29) is 6.03 Å². The van der Waals surface area contributed by atoms with Crippen LogP contribution in [-0.4, -0.2) is 37.7 Å². The van der Waals surface area contributed by atoms with Crippen molar-refractivity contribution in [3.8, 4) is 0 Å². The summed E-state index contributed by atoms with van der Waals surface area (Å²) >= 11 is 0. The molecule has 0 radical (unpaired) electrons. The lowest BCUT2D eigenvalue weighted by atomic mass is 10.1. The summed E-state index contributed by atoms with van der Waals surface area (Å²) < 4.78 is 5.11. The van der Waals surface area contributed by atoms with Gasteiger partial charge in [-0.1, -0.05) is 38.1 Å². The molecule has 0 aromatic heterocycles. The topological polar surface area (TPSA) is 53.6 Å². The van der Waals surface area contributed by atoms with Gasteiger partial charge in [0.05, 0.1) is 6.61 Å². The first kappa shape index (κ1) is 19.9. The van der Waals surface area contributed by atoms with Gasteiger partial charge in [0.15, 0.2) is 0 Å². The Bertz CT molecular complexity index is 682. The lowest BCUT2D eigenvalue weighted by Gasteiger charge is -2.17. The summed E-state index contributed by atoms with van der Waals surface area (Å²) in [5.74, 6) is 0. The molecule has 2 aromatic rings. The van der Waals surface area contributed by atoms with Gasteiger partial charge >= 0.3 is 6.03 Å². The van der Waals surface area contributed by atoms with Crippen molar-refractivity contribution in [2.45, 2.75) is 26.9 Å². The van der Waals surface area contributed by atoms with Crippen LogP contribution in [0, 0.1) is 0 Å². The number of urea groups is 1. The van der Waals surface area contributed by atoms with E-state index in [1.807, 2.05) is 36.4 Å². The lowest BCUT2D eigenvalue weighted by Crippen LogP contribution is -2.25. The maximum absolute atomic E-state index is 12.2. The molecule has 26 heavy (non-hydrogen) atoms. The van der Waals surface area contributed by atoms with Gasteiger partial charge in [-0.3, -0.25) is 0 Å². The maximum Gasteiger partial charge on any atom is 0.323 e. The van der Waals surface area contributed by atoms with Crippen LogP contribution in [0.4, 0.5) is 16.2 Å². The number of ether oxygens (including phenoxy) is 1. The van der Waals surface area contributed by atoms with Crippen molar-refractivity contribution in [2.75, 3.05) is 37.4 Å². The van der Waals surface area contributed by atoms with Gasteiger partial charge in [-0.15, -0.1) is 0 Å². The van der Waals surface area contributed by atoms with Crippen LogP contribution in [0.3, 0.4) is 0 Å². The summed E-state index contributed by atoms with van der Waals surface area (Å²) in [7, 11) is 1.65. The minimum Gasteiger partial charge on any atom is -0.380 e. The number of amides is 2. The molecule has 0 aliphatic heterocycles. The van der Waals surface area contributed by atoms with Crippen LogP contribution >= 0.6 is 0 Å². The number of likely N-dealkylation sites (N-methyl/N-ethyl adjacent to an activating group) is 1. The summed E-state index contributed by atoms with van der Waals surface area (Å²) in [6.07, 6.45) is 1.01. The number of nitrogens with one attached hydrogen (secondary N) is 2. The Labute approximate surface area is 156 Å². The highest BCUT2D eigenvalue weighted by Crippen LogP contribution is 2.14. The van der Waals surface area contributed by atoms with Gasteiger partial charge in [0.2, 0.25) is 0 Å². The molecule has 0 saturated heterocycles. The largest absolute Gasteiger partial charge is 0.380 e. The van der Waals surface area contributed by atoms with E-state index in [1.165, 1.54) is 5.56 Å². The first-order valence-corrected chi connectivity index (χ1v) is 9.11. The summed E-state index contributed by atoms with van der Waals surface area (Å²) in [5, 5.41) is 5.71. The second-order valence-corrected chi connectivity index (χ2v) is 6.19. The van der Waals surface area contributed by atoms with Crippen molar-refractivity contribution in [1.29, 1.82) is 0 Å². The number of methoxy groups -OCH3 is 1. The third-order valence-electron chi connectivity index (χ3n) is 4.32. The van der Waals surface area contributed by atoms with Crippen LogP contribution in [0.2, 0.25) is 0 Å². The predicted molar refractivity (Wildman–Crippen MR) is 108 cm³/mol. The molecule has 0 saturated carbocycles. The predicted octanol–water partition coefficient (Wildman–Crippen LogP) is 4.36. The monoisotopic (exact) mass is 355 g/mol. The zero-order valence-electron chi connectivity index (χ0n) is 15.9. The van der Waals surface area contributed by atoms with E-state index in [1.54, 1.807) is 7.11 Å².